The summed E-state index contributed by atoms with van der Waals surface area (Å²) in [6, 6.07) is 13.9. The van der Waals surface area contributed by atoms with E-state index in [0.717, 1.165) is 16.7 Å². The summed E-state index contributed by atoms with van der Waals surface area (Å²) in [4.78, 5) is 0. The predicted molar refractivity (Wildman–Crippen MR) is 84.5 cm³/mol. The lowest BCUT2D eigenvalue weighted by atomic mass is 9.94. The average Bonchev–Trinajstić information content (AvgIpc) is 2.60. The first kappa shape index (κ1) is 14.5. The van der Waals surface area contributed by atoms with Crippen molar-refractivity contribution >= 4 is 5.57 Å². The zero-order valence-electron chi connectivity index (χ0n) is 12.8. The second-order valence-corrected chi connectivity index (χ2v) is 4.87. The zero-order chi connectivity index (χ0) is 15.5. The molecule has 0 amide bonds. The van der Waals surface area contributed by atoms with Crippen LogP contribution in [0.1, 0.15) is 11.1 Å². The second kappa shape index (κ2) is 6.12. The molecule has 2 aromatic rings. The van der Waals surface area contributed by atoms with Gasteiger partial charge in [-0.05, 0) is 23.3 Å². The topological polar surface area (TPSA) is 36.9 Å². The summed E-state index contributed by atoms with van der Waals surface area (Å²) in [7, 11) is 4.85. The van der Waals surface area contributed by atoms with Crippen molar-refractivity contribution in [1.82, 2.24) is 0 Å². The highest BCUT2D eigenvalue weighted by molar-refractivity contribution is 5.85. The Labute approximate surface area is 129 Å². The Kier molecular flexibility index (Phi) is 4.02. The normalized spacial score (nSPS) is 16.3. The number of benzene rings is 2. The molecule has 0 fully saturated rings. The first-order chi connectivity index (χ1) is 10.8. The third kappa shape index (κ3) is 2.53. The fourth-order valence-electron chi connectivity index (χ4n) is 2.54. The molecule has 114 valence electrons. The van der Waals surface area contributed by atoms with Gasteiger partial charge in [-0.1, -0.05) is 30.3 Å². The summed E-state index contributed by atoms with van der Waals surface area (Å²) in [5.41, 5.74) is 3.10. The lowest BCUT2D eigenvalue weighted by Gasteiger charge is -2.26. The summed E-state index contributed by atoms with van der Waals surface area (Å²) in [6.07, 6.45) is 1.53. The van der Waals surface area contributed by atoms with Crippen LogP contribution in [-0.2, 0) is 4.74 Å². The molecule has 0 saturated carbocycles. The van der Waals surface area contributed by atoms with Crippen LogP contribution in [0.25, 0.3) is 5.57 Å². The summed E-state index contributed by atoms with van der Waals surface area (Å²) in [5, 5.41) is 0. The molecule has 0 bridgehead atoms. The van der Waals surface area contributed by atoms with Crippen LogP contribution in [0.2, 0.25) is 0 Å². The maximum absolute atomic E-state index is 5.84. The lowest BCUT2D eigenvalue weighted by molar-refractivity contribution is -0.0176. The first-order valence-corrected chi connectivity index (χ1v) is 7.00. The van der Waals surface area contributed by atoms with Crippen LogP contribution in [-0.4, -0.2) is 27.6 Å². The van der Waals surface area contributed by atoms with Crippen LogP contribution in [0, 0.1) is 0 Å². The van der Waals surface area contributed by atoms with Crippen LogP contribution in [0.15, 0.2) is 48.5 Å². The Balaban J connectivity index is 2.16. The van der Waals surface area contributed by atoms with Crippen LogP contribution >= 0.6 is 0 Å². The van der Waals surface area contributed by atoms with Crippen molar-refractivity contribution in [2.45, 2.75) is 6.29 Å². The van der Waals surface area contributed by atoms with E-state index in [4.69, 9.17) is 18.9 Å². The van der Waals surface area contributed by atoms with Crippen molar-refractivity contribution in [2.75, 3.05) is 21.3 Å². The number of fused-ring (bicyclic) bond motifs is 1. The Hall–Kier alpha value is -2.46. The molecule has 0 spiro atoms. The average molecular weight is 298 g/mol. The van der Waals surface area contributed by atoms with Crippen molar-refractivity contribution in [1.29, 1.82) is 0 Å². The highest BCUT2D eigenvalue weighted by Crippen LogP contribution is 2.42. The fraction of sp³-hybridized carbons (Fsp3) is 0.222. The molecule has 1 heterocycles. The Morgan fingerprint density at radius 2 is 1.59 bits per heavy atom. The molecule has 1 unspecified atom stereocenters. The van der Waals surface area contributed by atoms with Crippen molar-refractivity contribution in [3.05, 3.63) is 59.7 Å². The van der Waals surface area contributed by atoms with Gasteiger partial charge in [0.2, 0.25) is 6.29 Å². The number of rotatable bonds is 4. The number of ether oxygens (including phenoxy) is 4. The molecule has 1 aliphatic rings. The standard InChI is InChI=1S/C18H18O4/c1-19-16-9-14-13(12-7-5-4-6-8-12)10-18(21-3)22-15(14)11-17(16)20-2/h4-11,18H,1-3H3. The molecule has 4 nitrogen and oxygen atoms in total. The molecule has 3 rings (SSSR count). The zero-order valence-corrected chi connectivity index (χ0v) is 12.8. The molecule has 2 aromatic carbocycles. The van der Waals surface area contributed by atoms with Gasteiger partial charge in [0.05, 0.1) is 14.2 Å². The van der Waals surface area contributed by atoms with E-state index in [0.29, 0.717) is 17.2 Å². The first-order valence-electron chi connectivity index (χ1n) is 7.00. The van der Waals surface area contributed by atoms with Gasteiger partial charge in [0.1, 0.15) is 5.75 Å². The second-order valence-electron chi connectivity index (χ2n) is 4.87. The van der Waals surface area contributed by atoms with E-state index in [-0.39, 0.29) is 0 Å². The number of hydrogen-bond acceptors (Lipinski definition) is 4. The number of methoxy groups -OCH3 is 3. The van der Waals surface area contributed by atoms with E-state index >= 15 is 0 Å². The van der Waals surface area contributed by atoms with E-state index in [9.17, 15) is 0 Å². The predicted octanol–water partition coefficient (Wildman–Crippen LogP) is 3.50. The van der Waals surface area contributed by atoms with Crippen LogP contribution in [0.3, 0.4) is 0 Å². The monoisotopic (exact) mass is 298 g/mol. The fourth-order valence-corrected chi connectivity index (χ4v) is 2.54. The lowest BCUT2D eigenvalue weighted by Crippen LogP contribution is -2.21. The molecule has 1 atom stereocenters. The Morgan fingerprint density at radius 1 is 0.909 bits per heavy atom. The van der Waals surface area contributed by atoms with Gasteiger partial charge < -0.3 is 18.9 Å². The molecule has 4 heteroatoms. The summed E-state index contributed by atoms with van der Waals surface area (Å²) >= 11 is 0. The van der Waals surface area contributed by atoms with Gasteiger partial charge in [0, 0.05) is 18.7 Å². The summed E-state index contributed by atoms with van der Waals surface area (Å²) < 4.78 is 21.9. The van der Waals surface area contributed by atoms with Crippen LogP contribution < -0.4 is 14.2 Å². The minimum atomic E-state index is -0.430. The molecule has 0 radical (unpaired) electrons. The third-order valence-electron chi connectivity index (χ3n) is 3.64. The summed E-state index contributed by atoms with van der Waals surface area (Å²) in [5.74, 6) is 2.01. The maximum Gasteiger partial charge on any atom is 0.220 e. The maximum atomic E-state index is 5.84. The molecular formula is C18H18O4. The molecule has 22 heavy (non-hydrogen) atoms. The molecule has 0 N–H and O–H groups in total. The molecule has 0 aliphatic carbocycles. The molecule has 1 aliphatic heterocycles. The van der Waals surface area contributed by atoms with Crippen LogP contribution in [0.4, 0.5) is 0 Å². The molecule has 0 saturated heterocycles. The third-order valence-corrected chi connectivity index (χ3v) is 3.64. The van der Waals surface area contributed by atoms with E-state index in [1.54, 1.807) is 21.3 Å². The highest BCUT2D eigenvalue weighted by atomic mass is 16.7. The van der Waals surface area contributed by atoms with Crippen molar-refractivity contribution < 1.29 is 18.9 Å². The van der Waals surface area contributed by atoms with Crippen molar-refractivity contribution in [3.63, 3.8) is 0 Å². The van der Waals surface area contributed by atoms with Crippen molar-refractivity contribution in [3.8, 4) is 17.2 Å². The van der Waals surface area contributed by atoms with E-state index in [1.807, 2.05) is 36.4 Å². The minimum absolute atomic E-state index is 0.430. The van der Waals surface area contributed by atoms with Gasteiger partial charge in [-0.15, -0.1) is 0 Å². The van der Waals surface area contributed by atoms with Crippen LogP contribution in [0.5, 0.6) is 17.2 Å². The Morgan fingerprint density at radius 3 is 2.23 bits per heavy atom. The van der Waals surface area contributed by atoms with E-state index in [2.05, 4.69) is 12.1 Å². The molecular weight excluding hydrogens is 280 g/mol. The van der Waals surface area contributed by atoms with Crippen molar-refractivity contribution in [2.24, 2.45) is 0 Å². The van der Waals surface area contributed by atoms with Gasteiger partial charge >= 0.3 is 0 Å². The van der Waals surface area contributed by atoms with E-state index in [1.165, 1.54) is 0 Å². The quantitative estimate of drug-likeness (QED) is 0.865. The van der Waals surface area contributed by atoms with Gasteiger partial charge in [0.25, 0.3) is 0 Å². The van der Waals surface area contributed by atoms with Gasteiger partial charge in [-0.3, -0.25) is 0 Å². The minimum Gasteiger partial charge on any atom is -0.493 e. The highest BCUT2D eigenvalue weighted by Gasteiger charge is 2.24. The van der Waals surface area contributed by atoms with E-state index < -0.39 is 6.29 Å². The smallest absolute Gasteiger partial charge is 0.220 e. The Bertz CT molecular complexity index is 692. The largest absolute Gasteiger partial charge is 0.493 e. The van der Waals surface area contributed by atoms with Gasteiger partial charge in [-0.25, -0.2) is 0 Å². The molecule has 0 aromatic heterocycles. The van der Waals surface area contributed by atoms with Gasteiger partial charge in [-0.2, -0.15) is 0 Å². The number of hydrogen-bond donors (Lipinski definition) is 0. The van der Waals surface area contributed by atoms with Gasteiger partial charge in [0.15, 0.2) is 11.5 Å². The SMILES string of the molecule is COc1cc2c(cc1OC)C(c1ccccc1)=CC(OC)O2. The summed E-state index contributed by atoms with van der Waals surface area (Å²) in [6.45, 7) is 0.